The van der Waals surface area contributed by atoms with Gasteiger partial charge in [0.25, 0.3) is 0 Å². The lowest BCUT2D eigenvalue weighted by atomic mass is 9.94. The zero-order valence-corrected chi connectivity index (χ0v) is 20.7. The van der Waals surface area contributed by atoms with Gasteiger partial charge in [-0.15, -0.1) is 24.0 Å². The van der Waals surface area contributed by atoms with Gasteiger partial charge in [-0.2, -0.15) is 0 Å². The Morgan fingerprint density at radius 1 is 1.19 bits per heavy atom. The molecule has 0 radical (unpaired) electrons. The molecule has 3 N–H and O–H groups in total. The summed E-state index contributed by atoms with van der Waals surface area (Å²) in [5, 5.41) is 16.2. The Bertz CT molecular complexity index is 390. The summed E-state index contributed by atoms with van der Waals surface area (Å²) in [7, 11) is 0. The van der Waals surface area contributed by atoms with Gasteiger partial charge in [0.2, 0.25) is 0 Å². The number of aliphatic hydroxyl groups is 1. The standard InChI is InChI=1S/C21H44N4O.HI/c1-6-22-21(23-13-19(9-11-26)12-17(2)3)24-14-20-8-7-10-25(16-20)15-18(4)5;/h17-20,26H,6-16H2,1-5H3,(H2,22,23,24);1H. The second kappa shape index (κ2) is 15.8. The molecule has 2 unspecified atom stereocenters. The van der Waals surface area contributed by atoms with Gasteiger partial charge in [0.1, 0.15) is 0 Å². The molecule has 1 rings (SSSR count). The van der Waals surface area contributed by atoms with E-state index >= 15 is 0 Å². The molecule has 1 aliphatic rings. The number of aliphatic hydroxyl groups excluding tert-OH is 1. The van der Waals surface area contributed by atoms with E-state index in [4.69, 9.17) is 4.99 Å². The number of piperidine rings is 1. The molecule has 1 heterocycles. The fourth-order valence-corrected chi connectivity index (χ4v) is 3.94. The van der Waals surface area contributed by atoms with Crippen molar-refractivity contribution in [3.05, 3.63) is 0 Å². The van der Waals surface area contributed by atoms with Gasteiger partial charge in [-0.1, -0.05) is 27.7 Å². The first-order valence-electron chi connectivity index (χ1n) is 10.8. The Kier molecular flexibility index (Phi) is 15.8. The highest BCUT2D eigenvalue weighted by Crippen LogP contribution is 2.17. The number of rotatable bonds is 11. The molecule has 5 nitrogen and oxygen atoms in total. The van der Waals surface area contributed by atoms with Crippen molar-refractivity contribution in [3.8, 4) is 0 Å². The predicted molar refractivity (Wildman–Crippen MR) is 128 cm³/mol. The van der Waals surface area contributed by atoms with Crippen molar-refractivity contribution in [1.29, 1.82) is 0 Å². The average Bonchev–Trinajstić information content (AvgIpc) is 2.56. The third-order valence-electron chi connectivity index (χ3n) is 4.98. The third-order valence-corrected chi connectivity index (χ3v) is 4.98. The van der Waals surface area contributed by atoms with Gasteiger partial charge in [-0.25, -0.2) is 0 Å². The van der Waals surface area contributed by atoms with Gasteiger partial charge >= 0.3 is 0 Å². The number of nitrogens with one attached hydrogen (secondary N) is 2. The van der Waals surface area contributed by atoms with Crippen molar-refractivity contribution < 1.29 is 5.11 Å². The molecule has 1 saturated heterocycles. The van der Waals surface area contributed by atoms with Crippen LogP contribution in [0.15, 0.2) is 4.99 Å². The summed E-state index contributed by atoms with van der Waals surface area (Å²) >= 11 is 0. The van der Waals surface area contributed by atoms with Crippen LogP contribution in [0, 0.1) is 23.7 Å². The lowest BCUT2D eigenvalue weighted by Gasteiger charge is -2.34. The quantitative estimate of drug-likeness (QED) is 0.233. The van der Waals surface area contributed by atoms with Crippen molar-refractivity contribution in [2.24, 2.45) is 28.7 Å². The number of aliphatic imine (C=N–C) groups is 1. The number of likely N-dealkylation sites (tertiary alicyclic amines) is 1. The van der Waals surface area contributed by atoms with Crippen LogP contribution in [0.5, 0.6) is 0 Å². The lowest BCUT2D eigenvalue weighted by Crippen LogP contribution is -2.45. The summed E-state index contributed by atoms with van der Waals surface area (Å²) in [6.45, 7) is 17.8. The van der Waals surface area contributed by atoms with Crippen molar-refractivity contribution in [3.63, 3.8) is 0 Å². The number of halogens is 1. The average molecular weight is 497 g/mol. The minimum atomic E-state index is 0. The lowest BCUT2D eigenvalue weighted by molar-refractivity contribution is 0.159. The van der Waals surface area contributed by atoms with Crippen LogP contribution >= 0.6 is 24.0 Å². The number of guanidine groups is 1. The monoisotopic (exact) mass is 496 g/mol. The van der Waals surface area contributed by atoms with E-state index in [-0.39, 0.29) is 30.6 Å². The molecule has 2 atom stereocenters. The molecule has 0 aliphatic carbocycles. The first kappa shape index (κ1) is 26.9. The van der Waals surface area contributed by atoms with Crippen LogP contribution in [-0.2, 0) is 0 Å². The summed E-state index contributed by atoms with van der Waals surface area (Å²) < 4.78 is 0. The Hall–Kier alpha value is -0.0800. The van der Waals surface area contributed by atoms with Crippen molar-refractivity contribution >= 4 is 29.9 Å². The van der Waals surface area contributed by atoms with Gasteiger partial charge in [-0.05, 0) is 62.8 Å². The molecule has 6 heteroatoms. The van der Waals surface area contributed by atoms with Crippen LogP contribution in [0.3, 0.4) is 0 Å². The molecule has 1 aliphatic heterocycles. The fraction of sp³-hybridized carbons (Fsp3) is 0.952. The van der Waals surface area contributed by atoms with Gasteiger partial charge in [0, 0.05) is 39.3 Å². The summed E-state index contributed by atoms with van der Waals surface area (Å²) in [5.41, 5.74) is 0. The van der Waals surface area contributed by atoms with Crippen molar-refractivity contribution in [2.75, 3.05) is 45.9 Å². The number of hydrogen-bond donors (Lipinski definition) is 3. The molecule has 1 fully saturated rings. The molecule has 0 spiro atoms. The van der Waals surface area contributed by atoms with Gasteiger partial charge in [0.05, 0.1) is 0 Å². The van der Waals surface area contributed by atoms with E-state index in [9.17, 15) is 5.11 Å². The second-order valence-corrected chi connectivity index (χ2v) is 8.77. The molecule has 0 amide bonds. The Morgan fingerprint density at radius 2 is 1.93 bits per heavy atom. The van der Waals surface area contributed by atoms with Crippen LogP contribution in [0.2, 0.25) is 0 Å². The predicted octanol–water partition coefficient (Wildman–Crippen LogP) is 3.57. The Labute approximate surface area is 185 Å². The van der Waals surface area contributed by atoms with Crippen LogP contribution < -0.4 is 10.6 Å². The highest BCUT2D eigenvalue weighted by atomic mass is 127. The summed E-state index contributed by atoms with van der Waals surface area (Å²) in [6, 6.07) is 0. The highest BCUT2D eigenvalue weighted by molar-refractivity contribution is 14.0. The second-order valence-electron chi connectivity index (χ2n) is 8.77. The minimum absolute atomic E-state index is 0. The highest BCUT2D eigenvalue weighted by Gasteiger charge is 2.20. The van der Waals surface area contributed by atoms with E-state index in [0.29, 0.717) is 17.8 Å². The maximum atomic E-state index is 9.29. The van der Waals surface area contributed by atoms with Gasteiger partial charge in [0.15, 0.2) is 5.96 Å². The third kappa shape index (κ3) is 12.9. The number of nitrogens with zero attached hydrogens (tertiary/aromatic N) is 2. The van der Waals surface area contributed by atoms with E-state index in [0.717, 1.165) is 44.4 Å². The van der Waals surface area contributed by atoms with E-state index in [1.165, 1.54) is 32.5 Å². The molecule has 0 aromatic rings. The molecule has 162 valence electrons. The largest absolute Gasteiger partial charge is 0.396 e. The Morgan fingerprint density at radius 3 is 2.52 bits per heavy atom. The number of hydrogen-bond acceptors (Lipinski definition) is 3. The molecule has 27 heavy (non-hydrogen) atoms. The van der Waals surface area contributed by atoms with E-state index in [1.807, 2.05) is 0 Å². The van der Waals surface area contributed by atoms with E-state index in [1.54, 1.807) is 0 Å². The maximum absolute atomic E-state index is 9.29. The normalized spacial score (nSPS) is 19.9. The van der Waals surface area contributed by atoms with Crippen molar-refractivity contribution in [2.45, 2.75) is 60.3 Å². The summed E-state index contributed by atoms with van der Waals surface area (Å²) in [4.78, 5) is 7.42. The molecule has 0 saturated carbocycles. The van der Waals surface area contributed by atoms with Crippen LogP contribution in [0.4, 0.5) is 0 Å². The fourth-order valence-electron chi connectivity index (χ4n) is 3.94. The summed E-state index contributed by atoms with van der Waals surface area (Å²) in [5.74, 6) is 3.48. The van der Waals surface area contributed by atoms with Crippen LogP contribution in [-0.4, -0.2) is 61.8 Å². The topological polar surface area (TPSA) is 59.9 Å². The van der Waals surface area contributed by atoms with Crippen LogP contribution in [0.1, 0.15) is 60.3 Å². The first-order valence-corrected chi connectivity index (χ1v) is 10.8. The van der Waals surface area contributed by atoms with E-state index in [2.05, 4.69) is 50.2 Å². The molecule has 0 aromatic heterocycles. The zero-order valence-electron chi connectivity index (χ0n) is 18.3. The van der Waals surface area contributed by atoms with Gasteiger partial charge < -0.3 is 20.6 Å². The molecular formula is C21H45IN4O. The SMILES string of the molecule is CCNC(=NCC(CCO)CC(C)C)NCC1CCCN(CC(C)C)C1.I. The van der Waals surface area contributed by atoms with E-state index < -0.39 is 0 Å². The van der Waals surface area contributed by atoms with Gasteiger partial charge in [-0.3, -0.25) is 4.99 Å². The molecule has 0 aromatic carbocycles. The minimum Gasteiger partial charge on any atom is -0.396 e. The Balaban J connectivity index is 0.00000676. The first-order chi connectivity index (χ1) is 12.4. The smallest absolute Gasteiger partial charge is 0.191 e. The summed E-state index contributed by atoms with van der Waals surface area (Å²) in [6.07, 6.45) is 4.57. The zero-order chi connectivity index (χ0) is 19.4. The maximum Gasteiger partial charge on any atom is 0.191 e. The van der Waals surface area contributed by atoms with Crippen molar-refractivity contribution in [1.82, 2.24) is 15.5 Å². The molecular weight excluding hydrogens is 451 g/mol. The molecule has 0 bridgehead atoms. The van der Waals surface area contributed by atoms with Crippen LogP contribution in [0.25, 0.3) is 0 Å².